The average Bonchev–Trinajstić information content (AvgIpc) is 3.49. The second-order valence-corrected chi connectivity index (χ2v) is 11.7. The first-order valence-corrected chi connectivity index (χ1v) is 13.7. The molecule has 0 aliphatic carbocycles. The minimum atomic E-state index is -0.502. The molecule has 2 heterocycles. The van der Waals surface area contributed by atoms with Gasteiger partial charge in [0.2, 0.25) is 12.3 Å². The van der Waals surface area contributed by atoms with Crippen LogP contribution in [0.1, 0.15) is 65.3 Å². The molecule has 0 radical (unpaired) electrons. The van der Waals surface area contributed by atoms with Gasteiger partial charge in [0, 0.05) is 19.3 Å². The number of nitrogens with zero attached hydrogens (tertiary/aromatic N) is 4. The van der Waals surface area contributed by atoms with E-state index in [1.165, 1.54) is 10.4 Å². The van der Waals surface area contributed by atoms with Gasteiger partial charge in [0.15, 0.2) is 0 Å². The van der Waals surface area contributed by atoms with Crippen molar-refractivity contribution in [3.05, 3.63) is 41.0 Å². The highest BCUT2D eigenvalue weighted by molar-refractivity contribution is 7.13. The number of hydrogen-bond acceptors (Lipinski definition) is 8. The van der Waals surface area contributed by atoms with Gasteiger partial charge >= 0.3 is 0 Å². The van der Waals surface area contributed by atoms with Gasteiger partial charge < -0.3 is 21.2 Å². The molecule has 1 aliphatic heterocycles. The monoisotopic (exact) mass is 542 g/mol. The Labute approximate surface area is 230 Å². The number of amides is 2. The average molecular weight is 543 g/mol. The molecule has 1 fully saturated rings. The maximum atomic E-state index is 12.6. The Bertz CT molecular complexity index is 1100. The fourth-order valence-electron chi connectivity index (χ4n) is 3.96. The van der Waals surface area contributed by atoms with E-state index in [-0.39, 0.29) is 23.3 Å². The number of benzene rings is 1. The minimum Gasteiger partial charge on any atom is -0.391 e. The predicted molar refractivity (Wildman–Crippen MR) is 155 cm³/mol. The van der Waals surface area contributed by atoms with E-state index < -0.39 is 12.1 Å². The third-order valence-corrected chi connectivity index (χ3v) is 7.34. The van der Waals surface area contributed by atoms with Crippen molar-refractivity contribution in [1.82, 2.24) is 15.2 Å². The Hall–Kier alpha value is -3.11. The van der Waals surface area contributed by atoms with Gasteiger partial charge in [-0.2, -0.15) is 5.10 Å². The van der Waals surface area contributed by atoms with Crippen molar-refractivity contribution in [2.45, 2.75) is 73.1 Å². The number of aromatic nitrogens is 1. The van der Waals surface area contributed by atoms with E-state index in [0.717, 1.165) is 17.7 Å². The summed E-state index contributed by atoms with van der Waals surface area (Å²) >= 11 is 1.64. The number of aryl methyl sites for hydroxylation is 1. The van der Waals surface area contributed by atoms with Gasteiger partial charge in [-0.25, -0.2) is 4.98 Å². The van der Waals surface area contributed by atoms with Crippen LogP contribution in [0.25, 0.3) is 10.4 Å². The summed E-state index contributed by atoms with van der Waals surface area (Å²) in [5, 5.41) is 16.0. The molecular formula is C28H42N6O3S. The van der Waals surface area contributed by atoms with Crippen LogP contribution in [0.4, 0.5) is 0 Å². The molecule has 1 saturated heterocycles. The van der Waals surface area contributed by atoms with Crippen LogP contribution in [0.2, 0.25) is 0 Å². The number of likely N-dealkylation sites (tertiary alicyclic amines) is 1. The molecule has 38 heavy (non-hydrogen) atoms. The maximum Gasteiger partial charge on any atom is 0.247 e. The van der Waals surface area contributed by atoms with Gasteiger partial charge in [-0.1, -0.05) is 58.9 Å². The number of hydrazone groups is 1. The molecule has 3 unspecified atom stereocenters. The fraction of sp³-hybridized carbons (Fsp3) is 0.536. The molecule has 3 atom stereocenters. The Morgan fingerprint density at radius 1 is 1.26 bits per heavy atom. The maximum absolute atomic E-state index is 12.6. The van der Waals surface area contributed by atoms with E-state index in [1.54, 1.807) is 22.5 Å². The van der Waals surface area contributed by atoms with Gasteiger partial charge in [-0.15, -0.1) is 11.3 Å². The van der Waals surface area contributed by atoms with Crippen LogP contribution in [-0.4, -0.2) is 64.5 Å². The van der Waals surface area contributed by atoms with E-state index in [9.17, 15) is 14.7 Å². The third kappa shape index (κ3) is 8.73. The number of aliphatic hydroxyl groups is 1. The first kappa shape index (κ1) is 31.1. The molecular weight excluding hydrogens is 500 g/mol. The standard InChI is InChI=1S/C15H28N4O2.C13H14N2OS/c1-10(2)12(18-16)8-17-13(15(3,4)5)14(21)19-7-6-11(20)9-19;1-9(14-7-16)11-3-5-12(6-4-11)13-10(2)15-8-17-13/h8,10-11,13,20H,6-7,9,16H2,1-5H3;3-9H,1-2H3,(H,14,16)/b17-8?,18-12+;. The Kier molecular flexibility index (Phi) is 11.6. The molecule has 2 aromatic rings. The van der Waals surface area contributed by atoms with Gasteiger partial charge in [-0.05, 0) is 42.7 Å². The highest BCUT2D eigenvalue weighted by Gasteiger charge is 2.36. The number of β-amino-alcohol motifs (C(OH)–C–C–N with tert-alkyl or cyclic N) is 1. The van der Waals surface area contributed by atoms with E-state index in [4.69, 9.17) is 5.84 Å². The molecule has 0 saturated carbocycles. The van der Waals surface area contributed by atoms with Crippen LogP contribution in [-0.2, 0) is 9.59 Å². The molecule has 3 rings (SSSR count). The summed E-state index contributed by atoms with van der Waals surface area (Å²) in [5.74, 6) is 5.46. The van der Waals surface area contributed by atoms with Crippen LogP contribution >= 0.6 is 11.3 Å². The van der Waals surface area contributed by atoms with Crippen molar-refractivity contribution in [3.8, 4) is 10.4 Å². The van der Waals surface area contributed by atoms with Gasteiger partial charge in [0.1, 0.15) is 6.04 Å². The lowest BCUT2D eigenvalue weighted by molar-refractivity contribution is -0.134. The summed E-state index contributed by atoms with van der Waals surface area (Å²) in [6.45, 7) is 14.8. The number of aliphatic imine (C=N–C) groups is 1. The van der Waals surface area contributed by atoms with E-state index in [1.807, 2.05) is 66.1 Å². The summed E-state index contributed by atoms with van der Waals surface area (Å²) in [5.41, 5.74) is 5.54. The van der Waals surface area contributed by atoms with Crippen molar-refractivity contribution in [1.29, 1.82) is 0 Å². The predicted octanol–water partition coefficient (Wildman–Crippen LogP) is 3.96. The van der Waals surface area contributed by atoms with Crippen molar-refractivity contribution in [3.63, 3.8) is 0 Å². The molecule has 0 bridgehead atoms. The van der Waals surface area contributed by atoms with Crippen molar-refractivity contribution >= 4 is 35.6 Å². The smallest absolute Gasteiger partial charge is 0.247 e. The van der Waals surface area contributed by atoms with Gasteiger partial charge in [-0.3, -0.25) is 14.6 Å². The Balaban J connectivity index is 0.000000272. The molecule has 1 aliphatic rings. The second kappa shape index (κ2) is 14.2. The number of carbonyl (C=O) groups excluding carboxylic acids is 2. The molecule has 10 heteroatoms. The van der Waals surface area contributed by atoms with E-state index in [0.29, 0.717) is 25.2 Å². The molecule has 2 amide bonds. The molecule has 1 aromatic carbocycles. The molecule has 0 spiro atoms. The highest BCUT2D eigenvalue weighted by Crippen LogP contribution is 2.28. The number of thiazole rings is 1. The van der Waals surface area contributed by atoms with Crippen LogP contribution < -0.4 is 11.2 Å². The van der Waals surface area contributed by atoms with Crippen LogP contribution in [0.3, 0.4) is 0 Å². The lowest BCUT2D eigenvalue weighted by Crippen LogP contribution is -2.43. The number of nitrogens with two attached hydrogens (primary N) is 1. The molecule has 4 N–H and O–H groups in total. The van der Waals surface area contributed by atoms with Crippen molar-refractivity contribution in [2.75, 3.05) is 13.1 Å². The Morgan fingerprint density at radius 3 is 2.37 bits per heavy atom. The molecule has 208 valence electrons. The topological polar surface area (TPSA) is 133 Å². The zero-order chi connectivity index (χ0) is 28.5. The Morgan fingerprint density at radius 2 is 1.92 bits per heavy atom. The van der Waals surface area contributed by atoms with E-state index >= 15 is 0 Å². The lowest BCUT2D eigenvalue weighted by atomic mass is 9.86. The first-order chi connectivity index (χ1) is 17.9. The minimum absolute atomic E-state index is 0.0455. The first-order valence-electron chi connectivity index (χ1n) is 12.9. The number of aliphatic hydroxyl groups excluding tert-OH is 1. The summed E-state index contributed by atoms with van der Waals surface area (Å²) in [6, 6.07) is 7.76. The lowest BCUT2D eigenvalue weighted by Gasteiger charge is -2.30. The SMILES string of the molecule is CC(C)/C(C=NC(C(=O)N1CCC(O)C1)C(C)(C)C)=N/N.Cc1ncsc1-c1ccc(C(C)NC=O)cc1. The van der Waals surface area contributed by atoms with Crippen LogP contribution in [0, 0.1) is 18.3 Å². The second-order valence-electron chi connectivity index (χ2n) is 10.9. The summed E-state index contributed by atoms with van der Waals surface area (Å²) in [4.78, 5) is 34.6. The molecule has 1 aromatic heterocycles. The number of carbonyl (C=O) groups is 2. The van der Waals surface area contributed by atoms with E-state index in [2.05, 4.69) is 32.5 Å². The van der Waals surface area contributed by atoms with Crippen LogP contribution in [0.15, 0.2) is 39.9 Å². The van der Waals surface area contributed by atoms with Crippen molar-refractivity contribution < 1.29 is 14.7 Å². The number of rotatable bonds is 8. The normalized spacial score (nSPS) is 17.8. The number of nitrogens with one attached hydrogen (secondary N) is 1. The summed E-state index contributed by atoms with van der Waals surface area (Å²) in [6.07, 6.45) is 2.54. The van der Waals surface area contributed by atoms with Gasteiger partial charge in [0.25, 0.3) is 0 Å². The molecule has 9 nitrogen and oxygen atoms in total. The van der Waals surface area contributed by atoms with Gasteiger partial charge in [0.05, 0.1) is 33.9 Å². The number of hydrogen-bond donors (Lipinski definition) is 3. The summed E-state index contributed by atoms with van der Waals surface area (Å²) in [7, 11) is 0. The third-order valence-electron chi connectivity index (χ3n) is 6.36. The zero-order valence-corrected chi connectivity index (χ0v) is 24.3. The zero-order valence-electron chi connectivity index (χ0n) is 23.5. The van der Waals surface area contributed by atoms with Crippen LogP contribution in [0.5, 0.6) is 0 Å². The highest BCUT2D eigenvalue weighted by atomic mass is 32.1. The quantitative estimate of drug-likeness (QED) is 0.201. The van der Waals surface area contributed by atoms with Crippen molar-refractivity contribution in [2.24, 2.45) is 27.3 Å². The largest absolute Gasteiger partial charge is 0.391 e. The summed E-state index contributed by atoms with van der Waals surface area (Å²) < 4.78 is 0. The fourth-order valence-corrected chi connectivity index (χ4v) is 4.77.